The molecule has 1 saturated heterocycles. The van der Waals surface area contributed by atoms with Crippen LogP contribution in [-0.4, -0.2) is 29.2 Å². The molecule has 0 spiro atoms. The molecule has 0 amide bonds. The quantitative estimate of drug-likeness (QED) is 0.565. The zero-order chi connectivity index (χ0) is 7.83. The van der Waals surface area contributed by atoms with Crippen LogP contribution in [0, 0.1) is 4.78 Å². The van der Waals surface area contributed by atoms with Gasteiger partial charge in [0.05, 0.1) is 15.5 Å². The van der Waals surface area contributed by atoms with Crippen molar-refractivity contribution in [1.82, 2.24) is 0 Å². The second-order valence-electron chi connectivity index (χ2n) is 2.44. The number of hydrogen-bond acceptors (Lipinski definition) is 4. The molecule has 0 aliphatic carbocycles. The standard InChI is InChI=1S/C4H9NO3S2/c5-9(6)2-1-3-10(7,8)4-9/h5H,1-4H2. The van der Waals surface area contributed by atoms with Crippen LogP contribution in [0.3, 0.4) is 0 Å². The summed E-state index contributed by atoms with van der Waals surface area (Å²) in [5.74, 6) is 0.342. The average Bonchev–Trinajstić information content (AvgIpc) is 1.56. The maximum absolute atomic E-state index is 10.9. The van der Waals surface area contributed by atoms with Gasteiger partial charge in [0.15, 0.2) is 9.84 Å². The summed E-state index contributed by atoms with van der Waals surface area (Å²) in [6.07, 6.45) is 0.380. The molecule has 0 bridgehead atoms. The Kier molecular flexibility index (Phi) is 1.76. The summed E-state index contributed by atoms with van der Waals surface area (Å²) in [4.78, 5) is 0. The van der Waals surface area contributed by atoms with Crippen molar-refractivity contribution in [1.29, 1.82) is 4.78 Å². The lowest BCUT2D eigenvalue weighted by Crippen LogP contribution is -2.27. The third-order valence-electron chi connectivity index (χ3n) is 1.30. The van der Waals surface area contributed by atoms with Crippen molar-refractivity contribution < 1.29 is 12.6 Å². The van der Waals surface area contributed by atoms with Crippen molar-refractivity contribution >= 4 is 19.6 Å². The highest BCUT2D eigenvalue weighted by Gasteiger charge is 2.24. The van der Waals surface area contributed by atoms with E-state index < -0.39 is 24.7 Å². The molecule has 1 rings (SSSR count). The van der Waals surface area contributed by atoms with Crippen LogP contribution in [0.25, 0.3) is 0 Å². The normalized spacial score (nSPS) is 39.2. The Labute approximate surface area is 60.5 Å². The van der Waals surface area contributed by atoms with Gasteiger partial charge in [-0.15, -0.1) is 0 Å². The van der Waals surface area contributed by atoms with E-state index in [2.05, 4.69) is 0 Å². The van der Waals surface area contributed by atoms with Crippen molar-refractivity contribution in [3.05, 3.63) is 0 Å². The van der Waals surface area contributed by atoms with Gasteiger partial charge in [0.1, 0.15) is 5.08 Å². The maximum atomic E-state index is 10.9. The Morgan fingerprint density at radius 2 is 1.70 bits per heavy atom. The fraction of sp³-hybridized carbons (Fsp3) is 1.00. The van der Waals surface area contributed by atoms with Gasteiger partial charge in [-0.3, -0.25) is 4.78 Å². The predicted molar refractivity (Wildman–Crippen MR) is 39.0 cm³/mol. The summed E-state index contributed by atoms with van der Waals surface area (Å²) in [5.41, 5.74) is 0. The monoisotopic (exact) mass is 183 g/mol. The highest BCUT2D eigenvalue weighted by atomic mass is 32.3. The highest BCUT2D eigenvalue weighted by Crippen LogP contribution is 2.10. The van der Waals surface area contributed by atoms with E-state index in [1.165, 1.54) is 0 Å². The van der Waals surface area contributed by atoms with E-state index in [0.29, 0.717) is 6.42 Å². The first kappa shape index (κ1) is 8.00. The molecule has 1 unspecified atom stereocenters. The van der Waals surface area contributed by atoms with Crippen molar-refractivity contribution in [2.45, 2.75) is 6.42 Å². The van der Waals surface area contributed by atoms with Crippen LogP contribution in [0.2, 0.25) is 0 Å². The van der Waals surface area contributed by atoms with Crippen LogP contribution in [0.1, 0.15) is 6.42 Å². The van der Waals surface area contributed by atoms with E-state index in [1.54, 1.807) is 0 Å². The first-order valence-electron chi connectivity index (χ1n) is 2.86. The molecule has 6 heteroatoms. The molecule has 1 heterocycles. The molecule has 0 aromatic rings. The van der Waals surface area contributed by atoms with E-state index in [4.69, 9.17) is 4.78 Å². The van der Waals surface area contributed by atoms with E-state index >= 15 is 0 Å². The van der Waals surface area contributed by atoms with Gasteiger partial charge in [-0.05, 0) is 6.42 Å². The van der Waals surface area contributed by atoms with E-state index in [9.17, 15) is 12.6 Å². The topological polar surface area (TPSA) is 75.1 Å². The molecule has 0 radical (unpaired) electrons. The van der Waals surface area contributed by atoms with Crippen LogP contribution in [-0.2, 0) is 19.6 Å². The molecule has 1 atom stereocenters. The largest absolute Gasteiger partial charge is 0.252 e. The van der Waals surface area contributed by atoms with Gasteiger partial charge in [0, 0.05) is 5.75 Å². The SMILES string of the molecule is N=S1(=O)CCCS(=O)(=O)C1. The van der Waals surface area contributed by atoms with Crippen LogP contribution >= 0.6 is 0 Å². The molecule has 0 saturated carbocycles. The first-order chi connectivity index (χ1) is 4.41. The van der Waals surface area contributed by atoms with E-state index in [0.717, 1.165) is 0 Å². The number of rotatable bonds is 0. The Hall–Kier alpha value is -0.100. The Morgan fingerprint density at radius 3 is 2.00 bits per heavy atom. The highest BCUT2D eigenvalue weighted by molar-refractivity contribution is 8.09. The second-order valence-corrected chi connectivity index (χ2v) is 7.31. The van der Waals surface area contributed by atoms with Gasteiger partial charge in [-0.25, -0.2) is 12.6 Å². The van der Waals surface area contributed by atoms with Gasteiger partial charge >= 0.3 is 0 Å². The van der Waals surface area contributed by atoms with Gasteiger partial charge in [-0.2, -0.15) is 0 Å². The fourth-order valence-electron chi connectivity index (χ4n) is 0.920. The Balaban J connectivity index is 2.97. The summed E-state index contributed by atoms with van der Waals surface area (Å²) in [7, 11) is -5.93. The van der Waals surface area contributed by atoms with Crippen molar-refractivity contribution in [2.24, 2.45) is 0 Å². The molecule has 1 aliphatic rings. The van der Waals surface area contributed by atoms with Gasteiger partial charge in [0.25, 0.3) is 0 Å². The minimum atomic E-state index is -3.15. The third-order valence-corrected chi connectivity index (χ3v) is 6.12. The van der Waals surface area contributed by atoms with Crippen LogP contribution in [0.15, 0.2) is 0 Å². The fourth-order valence-corrected chi connectivity index (χ4v) is 5.56. The van der Waals surface area contributed by atoms with Crippen LogP contribution < -0.4 is 0 Å². The lowest BCUT2D eigenvalue weighted by atomic mass is 10.6. The Bertz CT molecular complexity index is 280. The predicted octanol–water partition coefficient (Wildman–Crippen LogP) is -0.191. The molecule has 1 fully saturated rings. The first-order valence-corrected chi connectivity index (χ1v) is 6.58. The molecular weight excluding hydrogens is 174 g/mol. The molecule has 0 aromatic carbocycles. The van der Waals surface area contributed by atoms with E-state index in [-0.39, 0.29) is 11.5 Å². The van der Waals surface area contributed by atoms with Gasteiger partial charge in [0.2, 0.25) is 0 Å². The molecule has 0 aromatic heterocycles. The molecule has 60 valence electrons. The third kappa shape index (κ3) is 1.95. The van der Waals surface area contributed by atoms with Crippen molar-refractivity contribution in [2.75, 3.05) is 16.6 Å². The smallest absolute Gasteiger partial charge is 0.163 e. The van der Waals surface area contributed by atoms with Crippen LogP contribution in [0.5, 0.6) is 0 Å². The van der Waals surface area contributed by atoms with Gasteiger partial charge < -0.3 is 0 Å². The molecule has 1 N–H and O–H groups in total. The minimum Gasteiger partial charge on any atom is -0.252 e. The average molecular weight is 183 g/mol. The lowest BCUT2D eigenvalue weighted by Gasteiger charge is -2.13. The summed E-state index contributed by atoms with van der Waals surface area (Å²) >= 11 is 0. The Morgan fingerprint density at radius 1 is 1.10 bits per heavy atom. The van der Waals surface area contributed by atoms with Crippen LogP contribution in [0.4, 0.5) is 0 Å². The maximum Gasteiger partial charge on any atom is 0.163 e. The summed E-state index contributed by atoms with van der Waals surface area (Å²) in [6, 6.07) is 0. The second kappa shape index (κ2) is 2.20. The molecule has 10 heavy (non-hydrogen) atoms. The van der Waals surface area contributed by atoms with Crippen molar-refractivity contribution in [3.63, 3.8) is 0 Å². The number of hydrogen-bond donors (Lipinski definition) is 1. The van der Waals surface area contributed by atoms with E-state index in [1.807, 2.05) is 0 Å². The molecular formula is C4H9NO3S2. The molecule has 1 aliphatic heterocycles. The summed E-state index contributed by atoms with van der Waals surface area (Å²) in [6.45, 7) is 0. The number of nitrogens with one attached hydrogen (secondary N) is 1. The molecule has 4 nitrogen and oxygen atoms in total. The lowest BCUT2D eigenvalue weighted by molar-refractivity contribution is 0.595. The summed E-state index contributed by atoms with van der Waals surface area (Å²) in [5, 5.41) is -0.431. The zero-order valence-electron chi connectivity index (χ0n) is 5.37. The number of sulfone groups is 1. The summed E-state index contributed by atoms with van der Waals surface area (Å²) < 4.78 is 39.5. The van der Waals surface area contributed by atoms with Crippen molar-refractivity contribution in [3.8, 4) is 0 Å². The zero-order valence-corrected chi connectivity index (χ0v) is 7.00. The minimum absolute atomic E-state index is 0.100. The van der Waals surface area contributed by atoms with Gasteiger partial charge in [-0.1, -0.05) is 0 Å².